The lowest BCUT2D eigenvalue weighted by atomic mass is 10.2. The Hall–Kier alpha value is -3.02. The van der Waals surface area contributed by atoms with Gasteiger partial charge in [-0.25, -0.2) is 4.79 Å². The lowest BCUT2D eigenvalue weighted by Crippen LogP contribution is -2.36. The first kappa shape index (κ1) is 18.3. The van der Waals surface area contributed by atoms with Crippen molar-refractivity contribution in [3.63, 3.8) is 0 Å². The molecule has 2 aromatic rings. The Morgan fingerprint density at radius 3 is 2.44 bits per heavy atom. The van der Waals surface area contributed by atoms with E-state index in [9.17, 15) is 9.59 Å². The van der Waals surface area contributed by atoms with Crippen LogP contribution in [0.5, 0.6) is 11.5 Å². The number of carboxylic acids is 1. The van der Waals surface area contributed by atoms with E-state index in [0.29, 0.717) is 17.2 Å². The first-order valence-corrected chi connectivity index (χ1v) is 7.95. The van der Waals surface area contributed by atoms with Gasteiger partial charge in [-0.05, 0) is 31.2 Å². The number of carboxylic acid groups (broad SMARTS) is 1. The number of nitrogens with one attached hydrogen (secondary N) is 1. The number of urea groups is 1. The van der Waals surface area contributed by atoms with Gasteiger partial charge in [-0.3, -0.25) is 4.79 Å². The molecule has 1 atom stereocenters. The summed E-state index contributed by atoms with van der Waals surface area (Å²) in [5.74, 6) is -0.405. The molecule has 0 heterocycles. The Balaban J connectivity index is 2.08. The molecule has 0 aliphatic carbocycles. The lowest BCUT2D eigenvalue weighted by molar-refractivity contribution is -0.141. The molecule has 132 valence electrons. The van der Waals surface area contributed by atoms with Gasteiger partial charge in [0.05, 0.1) is 11.6 Å². The van der Waals surface area contributed by atoms with Crippen LogP contribution in [-0.2, 0) is 4.79 Å². The molecule has 2 rings (SSSR count). The third-order valence-corrected chi connectivity index (χ3v) is 3.69. The smallest absolute Gasteiger partial charge is 0.321 e. The van der Waals surface area contributed by atoms with Crippen molar-refractivity contribution in [3.8, 4) is 11.5 Å². The molecule has 25 heavy (non-hydrogen) atoms. The molecule has 0 aliphatic heterocycles. The van der Waals surface area contributed by atoms with Crippen LogP contribution in [0.25, 0.3) is 0 Å². The molecule has 6 heteroatoms. The van der Waals surface area contributed by atoms with Crippen molar-refractivity contribution in [2.45, 2.75) is 13.8 Å². The van der Waals surface area contributed by atoms with Crippen molar-refractivity contribution in [3.05, 3.63) is 54.1 Å². The Morgan fingerprint density at radius 1 is 1.16 bits per heavy atom. The summed E-state index contributed by atoms with van der Waals surface area (Å²) >= 11 is 0. The SMILES string of the molecule is Cc1ccc(Oc2ccccc2NC(=O)N(C)CC(C)C(=O)O)cc1. The van der Waals surface area contributed by atoms with Gasteiger partial charge in [-0.1, -0.05) is 36.8 Å². The third-order valence-electron chi connectivity index (χ3n) is 3.69. The molecule has 0 spiro atoms. The van der Waals surface area contributed by atoms with Crippen LogP contribution in [-0.4, -0.2) is 35.6 Å². The van der Waals surface area contributed by atoms with Gasteiger partial charge in [0.15, 0.2) is 5.75 Å². The summed E-state index contributed by atoms with van der Waals surface area (Å²) in [4.78, 5) is 24.5. The fraction of sp³-hybridized carbons (Fsp3) is 0.263. The molecule has 0 aromatic heterocycles. The normalized spacial score (nSPS) is 11.5. The maximum atomic E-state index is 12.3. The number of benzene rings is 2. The second-order valence-electron chi connectivity index (χ2n) is 5.96. The number of aliphatic carboxylic acids is 1. The molecule has 0 saturated heterocycles. The zero-order valence-electron chi connectivity index (χ0n) is 14.5. The largest absolute Gasteiger partial charge is 0.481 e. The van der Waals surface area contributed by atoms with Crippen LogP contribution < -0.4 is 10.1 Å². The number of nitrogens with zero attached hydrogens (tertiary/aromatic N) is 1. The Kier molecular flexibility index (Phi) is 6.00. The Morgan fingerprint density at radius 2 is 1.80 bits per heavy atom. The third kappa shape index (κ3) is 5.24. The molecular weight excluding hydrogens is 320 g/mol. The number of amides is 2. The van der Waals surface area contributed by atoms with Crippen LogP contribution in [0.2, 0.25) is 0 Å². The highest BCUT2D eigenvalue weighted by atomic mass is 16.5. The van der Waals surface area contributed by atoms with Gasteiger partial charge < -0.3 is 20.1 Å². The molecule has 0 aliphatic rings. The molecule has 2 aromatic carbocycles. The van der Waals surface area contributed by atoms with E-state index >= 15 is 0 Å². The van der Waals surface area contributed by atoms with Crippen molar-refractivity contribution >= 4 is 17.7 Å². The molecular formula is C19H22N2O4. The van der Waals surface area contributed by atoms with Gasteiger partial charge in [0, 0.05) is 13.6 Å². The van der Waals surface area contributed by atoms with E-state index in [1.165, 1.54) is 4.90 Å². The van der Waals surface area contributed by atoms with Gasteiger partial charge in [0.2, 0.25) is 0 Å². The summed E-state index contributed by atoms with van der Waals surface area (Å²) in [7, 11) is 1.55. The lowest BCUT2D eigenvalue weighted by Gasteiger charge is -2.21. The standard InChI is InChI=1S/C19H22N2O4/c1-13-8-10-15(11-9-13)25-17-7-5-4-6-16(17)20-19(24)21(3)12-14(2)18(22)23/h4-11,14H,12H2,1-3H3,(H,20,24)(H,22,23). The van der Waals surface area contributed by atoms with Crippen LogP contribution in [0.3, 0.4) is 0 Å². The quantitative estimate of drug-likeness (QED) is 0.832. The van der Waals surface area contributed by atoms with Gasteiger partial charge in [0.1, 0.15) is 5.75 Å². The maximum Gasteiger partial charge on any atom is 0.321 e. The number of hydrogen-bond donors (Lipinski definition) is 2. The van der Waals surface area contributed by atoms with Crippen molar-refractivity contribution < 1.29 is 19.4 Å². The minimum Gasteiger partial charge on any atom is -0.481 e. The number of anilines is 1. The number of para-hydroxylation sites is 2. The number of aryl methyl sites for hydroxylation is 1. The number of carbonyl (C=O) groups is 2. The summed E-state index contributed by atoms with van der Waals surface area (Å²) in [6.45, 7) is 3.66. The van der Waals surface area contributed by atoms with Gasteiger partial charge in [0.25, 0.3) is 0 Å². The molecule has 2 amide bonds. The van der Waals surface area contributed by atoms with Crippen LogP contribution in [0.15, 0.2) is 48.5 Å². The van der Waals surface area contributed by atoms with Crippen molar-refractivity contribution in [1.29, 1.82) is 0 Å². The zero-order chi connectivity index (χ0) is 18.4. The number of carbonyl (C=O) groups excluding carboxylic acids is 1. The average molecular weight is 342 g/mol. The summed E-state index contributed by atoms with van der Waals surface area (Å²) in [6, 6.07) is 14.3. The second-order valence-corrected chi connectivity index (χ2v) is 5.96. The van der Waals surface area contributed by atoms with E-state index in [1.807, 2.05) is 37.3 Å². The van der Waals surface area contributed by atoms with E-state index in [0.717, 1.165) is 5.56 Å². The molecule has 6 nitrogen and oxygen atoms in total. The topological polar surface area (TPSA) is 78.9 Å². The van der Waals surface area contributed by atoms with E-state index in [4.69, 9.17) is 9.84 Å². The van der Waals surface area contributed by atoms with E-state index < -0.39 is 17.9 Å². The van der Waals surface area contributed by atoms with Crippen LogP contribution in [0, 0.1) is 12.8 Å². The number of hydrogen-bond acceptors (Lipinski definition) is 3. The monoisotopic (exact) mass is 342 g/mol. The predicted molar refractivity (Wildman–Crippen MR) is 96.1 cm³/mol. The van der Waals surface area contributed by atoms with Crippen molar-refractivity contribution in [2.75, 3.05) is 18.9 Å². The molecule has 2 N–H and O–H groups in total. The Labute approximate surface area is 147 Å². The van der Waals surface area contributed by atoms with E-state index in [-0.39, 0.29) is 6.54 Å². The summed E-state index contributed by atoms with van der Waals surface area (Å²) in [5, 5.41) is 11.7. The first-order chi connectivity index (χ1) is 11.9. The van der Waals surface area contributed by atoms with Crippen molar-refractivity contribution in [1.82, 2.24) is 4.90 Å². The first-order valence-electron chi connectivity index (χ1n) is 7.95. The summed E-state index contributed by atoms with van der Waals surface area (Å²) in [6.07, 6.45) is 0. The zero-order valence-corrected chi connectivity index (χ0v) is 14.5. The van der Waals surface area contributed by atoms with Gasteiger partial charge in [-0.15, -0.1) is 0 Å². The highest BCUT2D eigenvalue weighted by Gasteiger charge is 2.18. The summed E-state index contributed by atoms with van der Waals surface area (Å²) in [5.41, 5.74) is 1.64. The highest BCUT2D eigenvalue weighted by Crippen LogP contribution is 2.29. The minimum absolute atomic E-state index is 0.113. The van der Waals surface area contributed by atoms with Gasteiger partial charge >= 0.3 is 12.0 Å². The molecule has 0 fully saturated rings. The predicted octanol–water partition coefficient (Wildman–Crippen LogP) is 3.97. The fourth-order valence-electron chi connectivity index (χ4n) is 2.17. The molecule has 0 bridgehead atoms. The van der Waals surface area contributed by atoms with Crippen LogP contribution in [0.4, 0.5) is 10.5 Å². The van der Waals surface area contributed by atoms with Gasteiger partial charge in [-0.2, -0.15) is 0 Å². The molecule has 0 saturated carbocycles. The number of rotatable bonds is 6. The molecule has 0 radical (unpaired) electrons. The highest BCUT2D eigenvalue weighted by molar-refractivity contribution is 5.91. The van der Waals surface area contributed by atoms with Crippen LogP contribution in [0.1, 0.15) is 12.5 Å². The fourth-order valence-corrected chi connectivity index (χ4v) is 2.17. The van der Waals surface area contributed by atoms with E-state index in [2.05, 4.69) is 5.32 Å². The van der Waals surface area contributed by atoms with Crippen LogP contribution >= 0.6 is 0 Å². The Bertz CT molecular complexity index is 743. The number of ether oxygens (including phenoxy) is 1. The average Bonchev–Trinajstić information content (AvgIpc) is 2.58. The minimum atomic E-state index is -0.942. The second kappa shape index (κ2) is 8.19. The van der Waals surface area contributed by atoms with E-state index in [1.54, 1.807) is 32.2 Å². The van der Waals surface area contributed by atoms with Crippen molar-refractivity contribution in [2.24, 2.45) is 5.92 Å². The molecule has 1 unspecified atom stereocenters. The summed E-state index contributed by atoms with van der Waals surface area (Å²) < 4.78 is 5.84. The maximum absolute atomic E-state index is 12.3.